The third-order valence-corrected chi connectivity index (χ3v) is 12.3. The highest BCUT2D eigenvalue weighted by atomic mass is 28.4. The van der Waals surface area contributed by atoms with Gasteiger partial charge in [0.05, 0.1) is 44.5 Å². The lowest BCUT2D eigenvalue weighted by atomic mass is 9.82. The molecular formula is C34H40FN3O6Si. The topological polar surface area (TPSA) is 101 Å². The second-order valence-electron chi connectivity index (χ2n) is 12.9. The zero-order valence-corrected chi connectivity index (χ0v) is 27.1. The fourth-order valence-corrected chi connectivity index (χ4v) is 10.3. The lowest BCUT2D eigenvalue weighted by molar-refractivity contribution is -0.150. The third kappa shape index (κ3) is 5.20. The van der Waals surface area contributed by atoms with E-state index in [-0.39, 0.29) is 48.7 Å². The van der Waals surface area contributed by atoms with Crippen molar-refractivity contribution in [2.75, 3.05) is 25.2 Å². The van der Waals surface area contributed by atoms with Gasteiger partial charge in [0.1, 0.15) is 0 Å². The van der Waals surface area contributed by atoms with Gasteiger partial charge in [-0.3, -0.25) is 19.0 Å². The number of benzene rings is 2. The fraction of sp³-hybridized carbons (Fsp3) is 0.441. The number of aliphatic hydroxyl groups is 1. The summed E-state index contributed by atoms with van der Waals surface area (Å²) in [4.78, 5) is 44.4. The van der Waals surface area contributed by atoms with E-state index in [1.165, 1.54) is 11.7 Å². The first-order valence-electron chi connectivity index (χ1n) is 15.5. The smallest absolute Gasteiger partial charge is 0.297 e. The van der Waals surface area contributed by atoms with E-state index < -0.39 is 31.6 Å². The minimum Gasteiger partial charge on any atom is -0.491 e. The molecule has 3 aliphatic rings. The molecule has 0 saturated carbocycles. The van der Waals surface area contributed by atoms with Gasteiger partial charge in [0.2, 0.25) is 14.3 Å². The number of likely N-dealkylation sites (tertiary alicyclic amines) is 1. The molecule has 45 heavy (non-hydrogen) atoms. The predicted octanol–water partition coefficient (Wildman–Crippen LogP) is 4.54. The Balaban J connectivity index is 1.34. The number of halogens is 1. The second-order valence-corrected chi connectivity index (χ2v) is 16.7. The van der Waals surface area contributed by atoms with Crippen LogP contribution in [-0.2, 0) is 26.5 Å². The molecule has 9 nitrogen and oxygen atoms in total. The molecule has 238 valence electrons. The van der Waals surface area contributed by atoms with Gasteiger partial charge in [0.25, 0.3) is 11.5 Å². The van der Waals surface area contributed by atoms with Gasteiger partial charge in [-0.15, -0.1) is 0 Å². The maximum absolute atomic E-state index is 16.2. The van der Waals surface area contributed by atoms with Gasteiger partial charge in [0, 0.05) is 35.5 Å². The molecule has 1 spiro atoms. The average molecular weight is 634 g/mol. The number of methoxy groups -OCH3 is 1. The van der Waals surface area contributed by atoms with Crippen LogP contribution in [0.4, 0.5) is 9.80 Å². The van der Waals surface area contributed by atoms with E-state index in [2.05, 4.69) is 0 Å². The number of hydrogen-bond donors (Lipinski definition) is 1. The van der Waals surface area contributed by atoms with Crippen LogP contribution in [0, 0.1) is 5.92 Å². The van der Waals surface area contributed by atoms with Gasteiger partial charge in [-0.05, 0) is 61.8 Å². The number of carbonyl (C=O) groups excluding carboxylic acids is 2. The number of hydrogen-bond acceptors (Lipinski definition) is 6. The predicted molar refractivity (Wildman–Crippen MR) is 171 cm³/mol. The van der Waals surface area contributed by atoms with Crippen molar-refractivity contribution in [2.24, 2.45) is 5.92 Å². The average Bonchev–Trinajstić information content (AvgIpc) is 3.68. The first-order chi connectivity index (χ1) is 21.5. The summed E-state index contributed by atoms with van der Waals surface area (Å²) in [6, 6.07) is 17.9. The Morgan fingerprint density at radius 2 is 1.91 bits per heavy atom. The first kappa shape index (κ1) is 31.2. The van der Waals surface area contributed by atoms with E-state index in [1.807, 2.05) is 55.5 Å². The van der Waals surface area contributed by atoms with Crippen LogP contribution < -0.4 is 15.2 Å². The molecule has 2 aromatic carbocycles. The van der Waals surface area contributed by atoms with Crippen molar-refractivity contribution < 1.29 is 28.3 Å². The number of rotatable bonds is 8. The molecule has 0 radical (unpaired) electrons. The van der Waals surface area contributed by atoms with Crippen molar-refractivity contribution in [1.29, 1.82) is 0 Å². The number of aromatic nitrogens is 1. The molecule has 3 aliphatic heterocycles. The van der Waals surface area contributed by atoms with Crippen molar-refractivity contribution in [3.05, 3.63) is 88.3 Å². The number of fused-ring (bicyclic) bond motifs is 2. The first-order valence-corrected chi connectivity index (χ1v) is 18.5. The Hall–Kier alpha value is -3.80. The Bertz CT molecular complexity index is 1670. The minimum absolute atomic E-state index is 0.0413. The van der Waals surface area contributed by atoms with Gasteiger partial charge in [-0.1, -0.05) is 37.3 Å². The second kappa shape index (κ2) is 11.8. The van der Waals surface area contributed by atoms with E-state index >= 15 is 4.11 Å². The number of para-hydroxylation sites is 1. The van der Waals surface area contributed by atoms with Crippen molar-refractivity contribution in [2.45, 2.75) is 69.1 Å². The zero-order chi connectivity index (χ0) is 32.1. The molecule has 2 saturated heterocycles. The molecule has 1 aromatic heterocycles. The van der Waals surface area contributed by atoms with Gasteiger partial charge in [0.15, 0.2) is 11.4 Å². The normalized spacial score (nSPS) is 26.1. The van der Waals surface area contributed by atoms with E-state index in [0.717, 1.165) is 18.4 Å². The van der Waals surface area contributed by atoms with E-state index in [9.17, 15) is 19.5 Å². The van der Waals surface area contributed by atoms with E-state index in [4.69, 9.17) is 9.47 Å². The number of carbonyl (C=O) groups is 2. The lowest BCUT2D eigenvalue weighted by Gasteiger charge is -2.31. The highest BCUT2D eigenvalue weighted by Gasteiger charge is 2.67. The summed E-state index contributed by atoms with van der Waals surface area (Å²) in [5.74, 6) is -0.758. The minimum atomic E-state index is -3.44. The highest BCUT2D eigenvalue weighted by molar-refractivity contribution is 6.72. The monoisotopic (exact) mass is 633 g/mol. The van der Waals surface area contributed by atoms with Crippen LogP contribution in [0.2, 0.25) is 18.6 Å². The molecule has 0 aliphatic carbocycles. The van der Waals surface area contributed by atoms with Crippen LogP contribution in [-0.4, -0.2) is 67.2 Å². The zero-order valence-electron chi connectivity index (χ0n) is 26.1. The number of amides is 2. The largest absolute Gasteiger partial charge is 0.491 e. The number of aliphatic hydroxyl groups excluding tert-OH is 1. The van der Waals surface area contributed by atoms with Gasteiger partial charge >= 0.3 is 0 Å². The summed E-state index contributed by atoms with van der Waals surface area (Å²) < 4.78 is 29.6. The molecule has 0 bridgehead atoms. The SMILES string of the molecule is COc1cccn(-c2cccc(CN3C(=O)[C@@]4(O[C@@H](CC(=O)N5CCC[C@H]5CO)[C@H]([Si](C)(C)F)[C@H]4C)c4ccccc43)c2)c1=O. The third-order valence-electron chi connectivity index (χ3n) is 9.81. The van der Waals surface area contributed by atoms with Crippen molar-refractivity contribution >= 4 is 25.9 Å². The molecule has 2 amide bonds. The maximum Gasteiger partial charge on any atom is 0.297 e. The Morgan fingerprint density at radius 1 is 1.13 bits per heavy atom. The fourth-order valence-electron chi connectivity index (χ4n) is 7.82. The number of ether oxygens (including phenoxy) is 2. The van der Waals surface area contributed by atoms with Crippen LogP contribution in [0.3, 0.4) is 0 Å². The van der Waals surface area contributed by atoms with Crippen LogP contribution in [0.15, 0.2) is 71.7 Å². The molecular weight excluding hydrogens is 593 g/mol. The van der Waals surface area contributed by atoms with Gasteiger partial charge in [-0.2, -0.15) is 0 Å². The van der Waals surface area contributed by atoms with E-state index in [0.29, 0.717) is 23.5 Å². The maximum atomic E-state index is 16.2. The molecule has 1 N–H and O–H groups in total. The summed E-state index contributed by atoms with van der Waals surface area (Å²) in [7, 11) is -1.99. The summed E-state index contributed by atoms with van der Waals surface area (Å²) >= 11 is 0. The molecule has 11 heteroatoms. The van der Waals surface area contributed by atoms with Crippen molar-refractivity contribution in [3.8, 4) is 11.4 Å². The van der Waals surface area contributed by atoms with Crippen LogP contribution in [0.5, 0.6) is 5.75 Å². The Kier molecular flexibility index (Phi) is 8.21. The molecule has 0 unspecified atom stereocenters. The number of pyridine rings is 1. The Morgan fingerprint density at radius 3 is 2.64 bits per heavy atom. The van der Waals surface area contributed by atoms with Crippen LogP contribution in [0.1, 0.15) is 37.3 Å². The molecule has 4 heterocycles. The quantitative estimate of drug-likeness (QED) is 0.289. The van der Waals surface area contributed by atoms with Gasteiger partial charge in [-0.25, -0.2) is 0 Å². The van der Waals surface area contributed by atoms with Crippen molar-refractivity contribution in [1.82, 2.24) is 9.47 Å². The molecule has 5 atom stereocenters. The number of nitrogens with zero attached hydrogens (tertiary/aromatic N) is 3. The number of anilines is 1. The van der Waals surface area contributed by atoms with Crippen molar-refractivity contribution in [3.63, 3.8) is 0 Å². The highest BCUT2D eigenvalue weighted by Crippen LogP contribution is 2.60. The summed E-state index contributed by atoms with van der Waals surface area (Å²) in [5, 5.41) is 9.80. The van der Waals surface area contributed by atoms with Gasteiger partial charge < -0.3 is 28.5 Å². The summed E-state index contributed by atoms with van der Waals surface area (Å²) in [6.45, 7) is 5.76. The summed E-state index contributed by atoms with van der Waals surface area (Å²) in [5.41, 5.74) is 0.444. The van der Waals surface area contributed by atoms with Crippen LogP contribution in [0.25, 0.3) is 5.69 Å². The molecule has 6 rings (SSSR count). The molecule has 3 aromatic rings. The lowest BCUT2D eigenvalue weighted by Crippen LogP contribution is -2.45. The van der Waals surface area contributed by atoms with Crippen LogP contribution >= 0.6 is 0 Å². The van der Waals surface area contributed by atoms with E-state index in [1.54, 1.807) is 41.2 Å². The summed E-state index contributed by atoms with van der Waals surface area (Å²) in [6.07, 6.45) is 2.39. The Labute approximate surface area is 263 Å². The molecule has 2 fully saturated rings. The standard InChI is InChI=1S/C34H40FN3O6Si/c1-22-31(45(3,4)35)29(19-30(40)36-16-8-12-25(36)21-39)44-34(22)26-13-5-6-14-27(26)38(33(34)42)20-23-10-7-11-24(18-23)37-17-9-15-28(43-2)32(37)41/h5-7,9-11,13-15,17-18,22,25,29,31,39H,8,12,16,19-21H2,1-4H3/t22-,25+,29+,31-,34+/m1/s1.